The van der Waals surface area contributed by atoms with Gasteiger partial charge in [-0.2, -0.15) is 0 Å². The SMILES string of the molecule is COCCN1CC(C(=O)C(C)C)C(c2cccc(F)c2C)C(C(=O)C(C)C)C1. The van der Waals surface area contributed by atoms with E-state index in [4.69, 9.17) is 4.74 Å². The molecule has 5 heteroatoms. The lowest BCUT2D eigenvalue weighted by atomic mass is 9.67. The Morgan fingerprint density at radius 1 is 1.11 bits per heavy atom. The van der Waals surface area contributed by atoms with Crippen molar-refractivity contribution in [2.75, 3.05) is 33.4 Å². The van der Waals surface area contributed by atoms with Crippen LogP contribution in [-0.4, -0.2) is 49.8 Å². The fourth-order valence-electron chi connectivity index (χ4n) is 4.35. The van der Waals surface area contributed by atoms with Gasteiger partial charge in [0.2, 0.25) is 0 Å². The van der Waals surface area contributed by atoms with Crippen LogP contribution in [0.3, 0.4) is 0 Å². The van der Waals surface area contributed by atoms with Crippen molar-refractivity contribution in [3.8, 4) is 0 Å². The molecule has 0 radical (unpaired) electrons. The molecule has 1 fully saturated rings. The smallest absolute Gasteiger partial charge is 0.140 e. The van der Waals surface area contributed by atoms with Gasteiger partial charge in [-0.25, -0.2) is 4.39 Å². The van der Waals surface area contributed by atoms with Crippen LogP contribution < -0.4 is 0 Å². The summed E-state index contributed by atoms with van der Waals surface area (Å²) in [7, 11) is 1.65. The van der Waals surface area contributed by atoms with E-state index in [9.17, 15) is 14.0 Å². The summed E-state index contributed by atoms with van der Waals surface area (Å²) in [6, 6.07) is 5.00. The third-order valence-electron chi connectivity index (χ3n) is 5.93. The van der Waals surface area contributed by atoms with Gasteiger partial charge in [-0.3, -0.25) is 14.5 Å². The number of methoxy groups -OCH3 is 1. The van der Waals surface area contributed by atoms with Crippen molar-refractivity contribution < 1.29 is 18.7 Å². The monoisotopic (exact) mass is 391 g/mol. The highest BCUT2D eigenvalue weighted by Crippen LogP contribution is 2.42. The van der Waals surface area contributed by atoms with Gasteiger partial charge in [0, 0.05) is 56.3 Å². The van der Waals surface area contributed by atoms with Gasteiger partial charge in [0.15, 0.2) is 0 Å². The fourth-order valence-corrected chi connectivity index (χ4v) is 4.35. The number of Topliss-reactive ketones (excluding diaryl/α,β-unsaturated/α-hetero) is 2. The Morgan fingerprint density at radius 2 is 1.64 bits per heavy atom. The van der Waals surface area contributed by atoms with Crippen LogP contribution in [0.5, 0.6) is 0 Å². The van der Waals surface area contributed by atoms with Gasteiger partial charge < -0.3 is 4.74 Å². The van der Waals surface area contributed by atoms with Crippen LogP contribution in [-0.2, 0) is 14.3 Å². The second-order valence-corrected chi connectivity index (χ2v) is 8.56. The van der Waals surface area contributed by atoms with Gasteiger partial charge in [0.05, 0.1) is 6.61 Å². The highest BCUT2D eigenvalue weighted by atomic mass is 19.1. The maximum Gasteiger partial charge on any atom is 0.140 e. The van der Waals surface area contributed by atoms with E-state index in [1.54, 1.807) is 20.1 Å². The third kappa shape index (κ3) is 4.87. The first-order valence-corrected chi connectivity index (χ1v) is 10.2. The van der Waals surface area contributed by atoms with Gasteiger partial charge in [-0.05, 0) is 24.1 Å². The van der Waals surface area contributed by atoms with Crippen LogP contribution in [0, 0.1) is 36.4 Å². The summed E-state index contributed by atoms with van der Waals surface area (Å²) in [6.07, 6.45) is 0. The first-order chi connectivity index (χ1) is 13.2. The minimum absolute atomic E-state index is 0.136. The first kappa shape index (κ1) is 22.7. The van der Waals surface area contributed by atoms with Crippen molar-refractivity contribution in [1.29, 1.82) is 0 Å². The summed E-state index contributed by atoms with van der Waals surface area (Å²) >= 11 is 0. The van der Waals surface area contributed by atoms with E-state index in [0.717, 1.165) is 5.56 Å². The number of likely N-dealkylation sites (tertiary alicyclic amines) is 1. The highest BCUT2D eigenvalue weighted by Gasteiger charge is 2.45. The lowest BCUT2D eigenvalue weighted by Gasteiger charge is -2.44. The fraction of sp³-hybridized carbons (Fsp3) is 0.652. The lowest BCUT2D eigenvalue weighted by Crippen LogP contribution is -2.52. The van der Waals surface area contributed by atoms with E-state index < -0.39 is 0 Å². The minimum Gasteiger partial charge on any atom is -0.383 e. The normalized spacial score (nSPS) is 23.4. The molecule has 0 spiro atoms. The summed E-state index contributed by atoms with van der Waals surface area (Å²) in [5.74, 6) is -1.26. The van der Waals surface area contributed by atoms with Crippen LogP contribution >= 0.6 is 0 Å². The van der Waals surface area contributed by atoms with Crippen molar-refractivity contribution in [1.82, 2.24) is 4.90 Å². The van der Waals surface area contributed by atoms with Crippen molar-refractivity contribution in [3.05, 3.63) is 35.1 Å². The second kappa shape index (κ2) is 9.75. The van der Waals surface area contributed by atoms with Crippen molar-refractivity contribution in [3.63, 3.8) is 0 Å². The molecule has 0 bridgehead atoms. The average molecular weight is 392 g/mol. The minimum atomic E-state index is -0.334. The molecule has 2 rings (SSSR count). The molecule has 2 atom stereocenters. The molecular formula is C23H34FNO3. The van der Waals surface area contributed by atoms with Gasteiger partial charge in [-0.1, -0.05) is 39.8 Å². The van der Waals surface area contributed by atoms with E-state index in [2.05, 4.69) is 4.90 Å². The number of ketones is 2. The first-order valence-electron chi connectivity index (χ1n) is 10.2. The highest BCUT2D eigenvalue weighted by molar-refractivity contribution is 5.88. The topological polar surface area (TPSA) is 46.6 Å². The maximum atomic E-state index is 14.4. The molecule has 1 heterocycles. The Labute approximate surface area is 168 Å². The Balaban J connectivity index is 2.55. The molecule has 0 N–H and O–H groups in total. The number of hydrogen-bond acceptors (Lipinski definition) is 4. The summed E-state index contributed by atoms with van der Waals surface area (Å²) in [5, 5.41) is 0. The van der Waals surface area contributed by atoms with E-state index in [0.29, 0.717) is 31.8 Å². The van der Waals surface area contributed by atoms with E-state index in [-0.39, 0.29) is 47.0 Å². The molecule has 28 heavy (non-hydrogen) atoms. The maximum absolute atomic E-state index is 14.4. The van der Waals surface area contributed by atoms with Crippen molar-refractivity contribution in [2.45, 2.75) is 40.5 Å². The number of rotatable bonds is 8. The van der Waals surface area contributed by atoms with E-state index in [1.165, 1.54) is 6.07 Å². The number of hydrogen-bond donors (Lipinski definition) is 0. The second-order valence-electron chi connectivity index (χ2n) is 8.56. The zero-order valence-corrected chi connectivity index (χ0v) is 18.0. The number of carbonyl (C=O) groups is 2. The Kier molecular flexibility index (Phi) is 7.90. The van der Waals surface area contributed by atoms with Crippen LogP contribution in [0.1, 0.15) is 44.7 Å². The Bertz CT molecular complexity index is 671. The average Bonchev–Trinajstić information content (AvgIpc) is 2.66. The summed E-state index contributed by atoms with van der Waals surface area (Å²) in [4.78, 5) is 28.5. The molecule has 0 aromatic heterocycles. The lowest BCUT2D eigenvalue weighted by molar-refractivity contribution is -0.135. The molecule has 0 amide bonds. The molecule has 1 aromatic carbocycles. The molecule has 1 aliphatic heterocycles. The predicted molar refractivity (Wildman–Crippen MR) is 109 cm³/mol. The Morgan fingerprint density at radius 3 is 2.11 bits per heavy atom. The zero-order valence-electron chi connectivity index (χ0n) is 18.0. The molecule has 1 aromatic rings. The van der Waals surface area contributed by atoms with E-state index >= 15 is 0 Å². The standard InChI is InChI=1S/C23H34FNO3/c1-14(2)22(26)18-12-25(10-11-28-6)13-19(23(27)15(3)4)21(18)17-8-7-9-20(24)16(17)5/h7-9,14-15,18-19,21H,10-13H2,1-6H3. The van der Waals surface area contributed by atoms with Crippen LogP contribution in [0.25, 0.3) is 0 Å². The zero-order chi connectivity index (χ0) is 21.0. The largest absolute Gasteiger partial charge is 0.383 e. The molecular weight excluding hydrogens is 357 g/mol. The number of ether oxygens (including phenoxy) is 1. The number of carbonyl (C=O) groups excluding carboxylic acids is 2. The number of benzene rings is 1. The molecule has 2 unspecified atom stereocenters. The summed E-state index contributed by atoms with van der Waals surface area (Å²) in [5.41, 5.74) is 1.34. The van der Waals surface area contributed by atoms with Crippen LogP contribution in [0.2, 0.25) is 0 Å². The molecule has 0 saturated carbocycles. The molecule has 4 nitrogen and oxygen atoms in total. The quantitative estimate of drug-likeness (QED) is 0.675. The number of nitrogens with zero attached hydrogens (tertiary/aromatic N) is 1. The van der Waals surface area contributed by atoms with Crippen molar-refractivity contribution in [2.24, 2.45) is 23.7 Å². The molecule has 1 saturated heterocycles. The molecule has 156 valence electrons. The van der Waals surface area contributed by atoms with E-state index in [1.807, 2.05) is 33.8 Å². The summed E-state index contributed by atoms with van der Waals surface area (Å²) in [6.45, 7) is 11.7. The predicted octanol–water partition coefficient (Wildman–Crippen LogP) is 3.86. The van der Waals surface area contributed by atoms with Gasteiger partial charge in [0.1, 0.15) is 17.4 Å². The van der Waals surface area contributed by atoms with Crippen LogP contribution in [0.4, 0.5) is 4.39 Å². The summed E-state index contributed by atoms with van der Waals surface area (Å²) < 4.78 is 19.6. The van der Waals surface area contributed by atoms with Gasteiger partial charge >= 0.3 is 0 Å². The van der Waals surface area contributed by atoms with Gasteiger partial charge in [0.25, 0.3) is 0 Å². The number of piperidine rings is 1. The number of halogens is 1. The van der Waals surface area contributed by atoms with Crippen LogP contribution in [0.15, 0.2) is 18.2 Å². The van der Waals surface area contributed by atoms with Gasteiger partial charge in [-0.15, -0.1) is 0 Å². The molecule has 0 aliphatic carbocycles. The third-order valence-corrected chi connectivity index (χ3v) is 5.93. The van der Waals surface area contributed by atoms with Crippen molar-refractivity contribution >= 4 is 11.6 Å². The molecule has 1 aliphatic rings. The Hall–Kier alpha value is -1.59.